The molecule has 0 saturated carbocycles. The summed E-state index contributed by atoms with van der Waals surface area (Å²) < 4.78 is 0. The van der Waals surface area contributed by atoms with Crippen LogP contribution >= 0.6 is 11.8 Å². The van der Waals surface area contributed by atoms with Crippen molar-refractivity contribution in [2.75, 3.05) is 26.2 Å². The SMILES string of the molecule is C[C@H]1CN(C(=O)NCCCC(C)(C)CO)C[C@H](C)S1. The van der Waals surface area contributed by atoms with Crippen LogP contribution in [0.15, 0.2) is 0 Å². The largest absolute Gasteiger partial charge is 0.396 e. The van der Waals surface area contributed by atoms with Crippen molar-refractivity contribution in [3.05, 3.63) is 0 Å². The van der Waals surface area contributed by atoms with Crippen molar-refractivity contribution in [1.82, 2.24) is 10.2 Å². The maximum Gasteiger partial charge on any atom is 0.317 e. The molecule has 0 aromatic heterocycles. The van der Waals surface area contributed by atoms with E-state index in [9.17, 15) is 4.79 Å². The molecule has 5 heteroatoms. The molecule has 1 fully saturated rings. The zero-order valence-corrected chi connectivity index (χ0v) is 13.4. The Kier molecular flexibility index (Phi) is 6.47. The number of hydrogen-bond donors (Lipinski definition) is 2. The van der Waals surface area contributed by atoms with E-state index in [2.05, 4.69) is 19.2 Å². The number of hydrogen-bond acceptors (Lipinski definition) is 3. The van der Waals surface area contributed by atoms with Gasteiger partial charge in [-0.3, -0.25) is 0 Å². The third-order valence-electron chi connectivity index (χ3n) is 3.44. The third-order valence-corrected chi connectivity index (χ3v) is 4.67. The highest BCUT2D eigenvalue weighted by Gasteiger charge is 2.25. The van der Waals surface area contributed by atoms with E-state index >= 15 is 0 Å². The van der Waals surface area contributed by atoms with Crippen LogP contribution in [0.4, 0.5) is 4.79 Å². The van der Waals surface area contributed by atoms with E-state index in [-0.39, 0.29) is 18.1 Å². The molecule has 4 nitrogen and oxygen atoms in total. The maximum atomic E-state index is 12.0. The molecule has 19 heavy (non-hydrogen) atoms. The average molecular weight is 288 g/mol. The second-order valence-electron chi connectivity index (χ2n) is 6.32. The first kappa shape index (κ1) is 16.6. The van der Waals surface area contributed by atoms with E-state index in [4.69, 9.17) is 5.11 Å². The molecule has 0 aliphatic carbocycles. The molecule has 2 N–H and O–H groups in total. The Morgan fingerprint density at radius 3 is 2.47 bits per heavy atom. The van der Waals surface area contributed by atoms with Crippen LogP contribution in [0, 0.1) is 5.41 Å². The van der Waals surface area contributed by atoms with Crippen molar-refractivity contribution in [3.8, 4) is 0 Å². The number of nitrogens with zero attached hydrogens (tertiary/aromatic N) is 1. The average Bonchev–Trinajstić information content (AvgIpc) is 2.33. The standard InChI is InChI=1S/C14H28N2O2S/c1-11-8-16(9-12(2)19-11)13(18)15-7-5-6-14(3,4)10-17/h11-12,17H,5-10H2,1-4H3,(H,15,18)/t11-,12-/m0/s1. The fourth-order valence-corrected chi connectivity index (χ4v) is 3.62. The van der Waals surface area contributed by atoms with Gasteiger partial charge in [0.1, 0.15) is 0 Å². The van der Waals surface area contributed by atoms with Gasteiger partial charge in [-0.15, -0.1) is 0 Å². The van der Waals surface area contributed by atoms with E-state index in [1.165, 1.54) is 0 Å². The molecule has 1 aliphatic heterocycles. The molecule has 1 saturated heterocycles. The van der Waals surface area contributed by atoms with Gasteiger partial charge in [-0.25, -0.2) is 4.79 Å². The lowest BCUT2D eigenvalue weighted by Gasteiger charge is -2.34. The van der Waals surface area contributed by atoms with Crippen LogP contribution in [0.25, 0.3) is 0 Å². The topological polar surface area (TPSA) is 52.6 Å². The van der Waals surface area contributed by atoms with Gasteiger partial charge in [-0.2, -0.15) is 11.8 Å². The lowest BCUT2D eigenvalue weighted by molar-refractivity contribution is 0.147. The highest BCUT2D eigenvalue weighted by molar-refractivity contribution is 8.00. The summed E-state index contributed by atoms with van der Waals surface area (Å²) in [7, 11) is 0. The van der Waals surface area contributed by atoms with Gasteiger partial charge < -0.3 is 15.3 Å². The van der Waals surface area contributed by atoms with Crippen molar-refractivity contribution in [3.63, 3.8) is 0 Å². The van der Waals surface area contributed by atoms with Crippen molar-refractivity contribution in [2.24, 2.45) is 5.41 Å². The number of rotatable bonds is 5. The highest BCUT2D eigenvalue weighted by atomic mass is 32.2. The van der Waals surface area contributed by atoms with E-state index in [0.717, 1.165) is 25.9 Å². The van der Waals surface area contributed by atoms with Gasteiger partial charge in [0.05, 0.1) is 0 Å². The monoisotopic (exact) mass is 288 g/mol. The van der Waals surface area contributed by atoms with Crippen molar-refractivity contribution in [2.45, 2.75) is 51.0 Å². The molecule has 0 radical (unpaired) electrons. The molecule has 0 unspecified atom stereocenters. The van der Waals surface area contributed by atoms with E-state index in [1.54, 1.807) is 0 Å². The third kappa shape index (κ3) is 6.04. The van der Waals surface area contributed by atoms with Crippen molar-refractivity contribution >= 4 is 17.8 Å². The molecule has 0 aromatic rings. The van der Waals surface area contributed by atoms with Gasteiger partial charge in [-0.05, 0) is 18.3 Å². The summed E-state index contributed by atoms with van der Waals surface area (Å²) in [4.78, 5) is 14.0. The number of carbonyl (C=O) groups is 1. The normalized spacial score (nSPS) is 24.4. The van der Waals surface area contributed by atoms with Gasteiger partial charge in [-0.1, -0.05) is 27.7 Å². The summed E-state index contributed by atoms with van der Waals surface area (Å²) in [5.74, 6) is 0. The summed E-state index contributed by atoms with van der Waals surface area (Å²) in [6.45, 7) is 11.0. The molecule has 0 bridgehead atoms. The number of urea groups is 1. The summed E-state index contributed by atoms with van der Waals surface area (Å²) in [5.41, 5.74) is -0.0461. The molecular formula is C14H28N2O2S. The van der Waals surface area contributed by atoms with Gasteiger partial charge in [0.15, 0.2) is 0 Å². The molecule has 0 spiro atoms. The highest BCUT2D eigenvalue weighted by Crippen LogP contribution is 2.24. The molecule has 2 atom stereocenters. The molecule has 1 aliphatic rings. The number of carbonyl (C=O) groups excluding carboxylic acids is 1. The molecule has 1 heterocycles. The quantitative estimate of drug-likeness (QED) is 0.763. The van der Waals surface area contributed by atoms with E-state index < -0.39 is 0 Å². The second kappa shape index (κ2) is 7.39. The van der Waals surface area contributed by atoms with Gasteiger partial charge in [0.2, 0.25) is 0 Å². The first-order valence-electron chi connectivity index (χ1n) is 7.13. The predicted octanol–water partition coefficient (Wildman–Crippen LogP) is 2.32. The van der Waals surface area contributed by atoms with Gasteiger partial charge in [0.25, 0.3) is 0 Å². The lowest BCUT2D eigenvalue weighted by atomic mass is 9.89. The van der Waals surface area contributed by atoms with Gasteiger partial charge >= 0.3 is 6.03 Å². The Balaban J connectivity index is 2.24. The Bertz CT molecular complexity index is 287. The summed E-state index contributed by atoms with van der Waals surface area (Å²) >= 11 is 1.95. The van der Waals surface area contributed by atoms with Crippen LogP contribution in [-0.4, -0.2) is 52.8 Å². The number of aliphatic hydroxyl groups is 1. The van der Waals surface area contributed by atoms with Crippen molar-refractivity contribution in [1.29, 1.82) is 0 Å². The van der Waals surface area contributed by atoms with E-state index in [1.807, 2.05) is 30.5 Å². The first-order chi connectivity index (χ1) is 8.84. The zero-order valence-electron chi connectivity index (χ0n) is 12.6. The van der Waals surface area contributed by atoms with Gasteiger partial charge in [0, 0.05) is 36.7 Å². The van der Waals surface area contributed by atoms with Crippen molar-refractivity contribution < 1.29 is 9.90 Å². The fourth-order valence-electron chi connectivity index (χ4n) is 2.30. The Labute approximate surface area is 121 Å². The van der Waals surface area contributed by atoms with E-state index in [0.29, 0.717) is 17.0 Å². The van der Waals surface area contributed by atoms with Crippen LogP contribution in [0.2, 0.25) is 0 Å². The van der Waals surface area contributed by atoms with Crippen LogP contribution in [-0.2, 0) is 0 Å². The summed E-state index contributed by atoms with van der Waals surface area (Å²) in [6, 6.07) is 0.0563. The molecular weight excluding hydrogens is 260 g/mol. The minimum Gasteiger partial charge on any atom is -0.396 e. The molecule has 112 valence electrons. The number of nitrogens with one attached hydrogen (secondary N) is 1. The zero-order chi connectivity index (χ0) is 14.5. The summed E-state index contributed by atoms with van der Waals surface area (Å²) in [5, 5.41) is 13.2. The smallest absolute Gasteiger partial charge is 0.317 e. The first-order valence-corrected chi connectivity index (χ1v) is 8.07. The van der Waals surface area contributed by atoms with Crippen LogP contribution in [0.5, 0.6) is 0 Å². The Morgan fingerprint density at radius 1 is 1.37 bits per heavy atom. The maximum absolute atomic E-state index is 12.0. The fraction of sp³-hybridized carbons (Fsp3) is 0.929. The van der Waals surface area contributed by atoms with Crippen LogP contribution < -0.4 is 5.32 Å². The molecule has 1 rings (SSSR count). The number of thioether (sulfide) groups is 1. The minimum atomic E-state index is -0.0461. The van der Waals surface area contributed by atoms with Crippen LogP contribution in [0.3, 0.4) is 0 Å². The summed E-state index contributed by atoms with van der Waals surface area (Å²) in [6.07, 6.45) is 1.83. The molecule has 0 aromatic carbocycles. The van der Waals surface area contributed by atoms with Crippen LogP contribution in [0.1, 0.15) is 40.5 Å². The Morgan fingerprint density at radius 2 is 1.95 bits per heavy atom. The second-order valence-corrected chi connectivity index (χ2v) is 8.20. The molecule has 2 amide bonds. The lowest BCUT2D eigenvalue weighted by Crippen LogP contribution is -2.48. The minimum absolute atomic E-state index is 0.0461. The Hall–Kier alpha value is -0.420. The number of aliphatic hydroxyl groups excluding tert-OH is 1. The number of amides is 2. The predicted molar refractivity (Wildman–Crippen MR) is 81.6 cm³/mol.